The molecule has 4 heterocycles. The number of likely N-dealkylation sites (tertiary alicyclic amines) is 1. The van der Waals surface area contributed by atoms with Crippen LogP contribution in [-0.4, -0.2) is 93.4 Å². The van der Waals surface area contributed by atoms with Crippen LogP contribution in [0.25, 0.3) is 11.4 Å². The normalized spacial score (nSPS) is 23.4. The number of benzene rings is 2. The van der Waals surface area contributed by atoms with Crippen LogP contribution in [0.2, 0.25) is 0 Å². The van der Waals surface area contributed by atoms with Crippen LogP contribution in [0.3, 0.4) is 0 Å². The van der Waals surface area contributed by atoms with Crippen molar-refractivity contribution >= 4 is 27.6 Å². The number of nitrogens with zero attached hydrogens (tertiary/aromatic N) is 5. The van der Waals surface area contributed by atoms with Crippen molar-refractivity contribution in [2.24, 2.45) is 7.05 Å². The van der Waals surface area contributed by atoms with Crippen molar-refractivity contribution in [3.8, 4) is 17.1 Å². The number of amides is 3. The number of hydrogen-bond acceptors (Lipinski definition) is 8. The zero-order valence-electron chi connectivity index (χ0n) is 23.4. The number of fused-ring (bicyclic) bond motifs is 2. The summed E-state index contributed by atoms with van der Waals surface area (Å²) in [4.78, 5) is 32.3. The first-order valence-corrected chi connectivity index (χ1v) is 15.4. The Morgan fingerprint density at radius 3 is 2.70 bits per heavy atom. The van der Waals surface area contributed by atoms with Gasteiger partial charge in [-0.15, -0.1) is 0 Å². The number of sulfonamides is 1. The highest BCUT2D eigenvalue weighted by atomic mass is 32.2. The third-order valence-corrected chi connectivity index (χ3v) is 10.3. The lowest BCUT2D eigenvalue weighted by molar-refractivity contribution is -0.127. The van der Waals surface area contributed by atoms with Crippen LogP contribution in [0.5, 0.6) is 5.75 Å². The van der Waals surface area contributed by atoms with E-state index < -0.39 is 39.4 Å². The smallest absolute Gasteiger partial charge is 0.321 e. The quantitative estimate of drug-likeness (QED) is 0.394. The molecule has 3 aliphatic rings. The predicted octanol–water partition coefficient (Wildman–Crippen LogP) is 1.71. The molecule has 1 spiro atoms. The van der Waals surface area contributed by atoms with E-state index in [0.29, 0.717) is 49.4 Å². The lowest BCUT2D eigenvalue weighted by Gasteiger charge is -2.43. The Hall–Kier alpha value is -4.08. The molecule has 3 aliphatic heterocycles. The lowest BCUT2D eigenvalue weighted by Crippen LogP contribution is -2.60. The predicted molar refractivity (Wildman–Crippen MR) is 152 cm³/mol. The Kier molecular flexibility index (Phi) is 7.56. The van der Waals surface area contributed by atoms with E-state index in [1.807, 2.05) is 0 Å². The van der Waals surface area contributed by atoms with Gasteiger partial charge in [0.05, 0.1) is 12.7 Å². The molecule has 0 bridgehead atoms. The average molecular weight is 614 g/mol. The number of rotatable bonds is 2. The van der Waals surface area contributed by atoms with E-state index in [2.05, 4.69) is 20.7 Å². The number of hydrogen-bond donors (Lipinski definition) is 3. The van der Waals surface area contributed by atoms with Gasteiger partial charge in [-0.1, -0.05) is 6.07 Å². The molecule has 6 rings (SSSR count). The zero-order valence-corrected chi connectivity index (χ0v) is 24.3. The molecule has 0 saturated carbocycles. The molecule has 1 aromatic heterocycles. The summed E-state index contributed by atoms with van der Waals surface area (Å²) in [6.45, 7) is 0.451. The molecular formula is C28H32FN7O6S. The maximum atomic E-state index is 13.9. The summed E-state index contributed by atoms with van der Waals surface area (Å²) in [5.74, 6) is -0.340. The Morgan fingerprint density at radius 1 is 1.19 bits per heavy atom. The van der Waals surface area contributed by atoms with Crippen LogP contribution in [-0.2, 0) is 21.9 Å². The van der Waals surface area contributed by atoms with Crippen LogP contribution < -0.4 is 15.4 Å². The van der Waals surface area contributed by atoms with Crippen molar-refractivity contribution in [3.63, 3.8) is 0 Å². The summed E-state index contributed by atoms with van der Waals surface area (Å²) in [5.41, 5.74) is 0.146. The molecule has 43 heavy (non-hydrogen) atoms. The molecular weight excluding hydrogens is 581 g/mol. The van der Waals surface area contributed by atoms with Gasteiger partial charge in [0.25, 0.3) is 0 Å². The second kappa shape index (κ2) is 11.2. The van der Waals surface area contributed by atoms with Gasteiger partial charge in [0, 0.05) is 56.3 Å². The molecule has 2 aromatic carbocycles. The summed E-state index contributed by atoms with van der Waals surface area (Å²) < 4.78 is 50.1. The maximum Gasteiger partial charge on any atom is 0.321 e. The fourth-order valence-corrected chi connectivity index (χ4v) is 7.74. The van der Waals surface area contributed by atoms with Gasteiger partial charge in [-0.3, -0.25) is 4.79 Å². The summed E-state index contributed by atoms with van der Waals surface area (Å²) >= 11 is 0. The van der Waals surface area contributed by atoms with Crippen LogP contribution in [0, 0.1) is 5.82 Å². The molecule has 228 valence electrons. The van der Waals surface area contributed by atoms with Gasteiger partial charge < -0.3 is 25.4 Å². The number of nitrogens with one attached hydrogen (secondary N) is 2. The lowest BCUT2D eigenvalue weighted by atomic mass is 9.84. The van der Waals surface area contributed by atoms with Crippen molar-refractivity contribution < 1.29 is 32.2 Å². The first-order chi connectivity index (χ1) is 20.5. The Balaban J connectivity index is 1.28. The second-order valence-electron chi connectivity index (χ2n) is 11.1. The van der Waals surface area contributed by atoms with E-state index in [-0.39, 0.29) is 36.2 Å². The van der Waals surface area contributed by atoms with E-state index >= 15 is 0 Å². The standard InChI is InChI=1S/C28H32FN7O6S/c1-34-25(30-17-31-34)18-5-6-24-23(13-18)42-12-9-28(33-26(38)22-15-21(37)16-36(22)43(24,40)41)7-10-35(11-8-28)27(39)32-20-4-2-3-19(29)14-20/h2-6,13-14,17,21-22,37H,7-12,15-16H2,1H3,(H,32,39)(H,33,38)/t21-,22+/m1/s1. The van der Waals surface area contributed by atoms with Crippen LogP contribution in [0.1, 0.15) is 25.7 Å². The number of urea groups is 1. The number of carbonyl (C=O) groups is 2. The monoisotopic (exact) mass is 613 g/mol. The van der Waals surface area contributed by atoms with E-state index in [4.69, 9.17) is 4.74 Å². The van der Waals surface area contributed by atoms with Crippen molar-refractivity contribution in [1.82, 2.24) is 29.3 Å². The summed E-state index contributed by atoms with van der Waals surface area (Å²) in [6, 6.07) is 8.75. The number of anilines is 1. The number of aromatic nitrogens is 3. The maximum absolute atomic E-state index is 13.9. The molecule has 0 unspecified atom stereocenters. The highest BCUT2D eigenvalue weighted by molar-refractivity contribution is 7.89. The topological polar surface area (TPSA) is 159 Å². The molecule has 2 saturated heterocycles. The summed E-state index contributed by atoms with van der Waals surface area (Å²) in [6.07, 6.45) is 1.45. The van der Waals surface area contributed by atoms with E-state index in [1.54, 1.807) is 34.8 Å². The van der Waals surface area contributed by atoms with E-state index in [1.165, 1.54) is 30.6 Å². The van der Waals surface area contributed by atoms with Crippen molar-refractivity contribution in [3.05, 3.63) is 54.6 Å². The fraction of sp³-hybridized carbons (Fsp3) is 0.429. The molecule has 0 aliphatic carbocycles. The van der Waals surface area contributed by atoms with E-state index in [0.717, 1.165) is 4.31 Å². The number of aliphatic hydroxyl groups is 1. The largest absolute Gasteiger partial charge is 0.492 e. The van der Waals surface area contributed by atoms with Crippen LogP contribution in [0.4, 0.5) is 14.9 Å². The molecule has 2 fully saturated rings. The van der Waals surface area contributed by atoms with Gasteiger partial charge in [0.15, 0.2) is 5.82 Å². The Labute approximate surface area is 247 Å². The Morgan fingerprint density at radius 2 is 1.98 bits per heavy atom. The van der Waals surface area contributed by atoms with Gasteiger partial charge in [-0.05, 0) is 49.2 Å². The second-order valence-corrected chi connectivity index (χ2v) is 13.0. The third-order valence-electron chi connectivity index (χ3n) is 8.35. The minimum atomic E-state index is -4.24. The molecule has 3 aromatic rings. The van der Waals surface area contributed by atoms with Gasteiger partial charge in [-0.25, -0.2) is 27.3 Å². The number of piperidine rings is 1. The Bertz CT molecular complexity index is 1660. The van der Waals surface area contributed by atoms with Crippen molar-refractivity contribution in [1.29, 1.82) is 0 Å². The van der Waals surface area contributed by atoms with Crippen LogP contribution >= 0.6 is 0 Å². The van der Waals surface area contributed by atoms with Gasteiger partial charge >= 0.3 is 6.03 Å². The van der Waals surface area contributed by atoms with Crippen molar-refractivity contribution in [2.75, 3.05) is 31.6 Å². The number of aliphatic hydroxyl groups excluding tert-OH is 1. The number of aryl methyl sites for hydroxylation is 1. The highest BCUT2D eigenvalue weighted by Crippen LogP contribution is 2.37. The minimum Gasteiger partial charge on any atom is -0.492 e. The first-order valence-electron chi connectivity index (χ1n) is 14.0. The number of carbonyl (C=O) groups excluding carboxylic acids is 2. The highest BCUT2D eigenvalue weighted by Gasteiger charge is 2.47. The molecule has 2 atom stereocenters. The minimum absolute atomic E-state index is 0.0451. The third kappa shape index (κ3) is 5.67. The fourth-order valence-electron chi connectivity index (χ4n) is 5.99. The molecule has 3 N–H and O–H groups in total. The number of halogens is 1. The van der Waals surface area contributed by atoms with Gasteiger partial charge in [0.2, 0.25) is 15.9 Å². The number of ether oxygens (including phenoxy) is 1. The van der Waals surface area contributed by atoms with Gasteiger partial charge in [-0.2, -0.15) is 9.40 Å². The molecule has 13 nitrogen and oxygen atoms in total. The summed E-state index contributed by atoms with van der Waals surface area (Å²) in [5, 5.41) is 20.3. The molecule has 3 amide bonds. The molecule has 0 radical (unpaired) electrons. The molecule has 15 heteroatoms. The van der Waals surface area contributed by atoms with Crippen LogP contribution in [0.15, 0.2) is 53.7 Å². The van der Waals surface area contributed by atoms with E-state index in [9.17, 15) is 27.5 Å². The first kappa shape index (κ1) is 29.0. The summed E-state index contributed by atoms with van der Waals surface area (Å²) in [7, 11) is -2.51. The average Bonchev–Trinajstić information content (AvgIpc) is 3.58. The zero-order chi connectivity index (χ0) is 30.4. The van der Waals surface area contributed by atoms with Crippen molar-refractivity contribution in [2.45, 2.75) is 48.3 Å². The van der Waals surface area contributed by atoms with Gasteiger partial charge in [0.1, 0.15) is 28.8 Å². The SMILES string of the molecule is Cn1ncnc1-c1ccc2c(c1)OCCC1(CCN(C(=O)Nc3cccc(F)c3)CC1)NC(=O)[C@@H]1C[C@@H](O)CN1S2(=O)=O.